The number of nitrogens with zero attached hydrogens (tertiary/aromatic N) is 2. The molecule has 3 rings (SSSR count). The van der Waals surface area contributed by atoms with Gasteiger partial charge in [0.15, 0.2) is 0 Å². The van der Waals surface area contributed by atoms with E-state index < -0.39 is 11.7 Å². The van der Waals surface area contributed by atoms with Crippen LogP contribution in [-0.2, 0) is 6.18 Å². The molecule has 170 valence electrons. The summed E-state index contributed by atoms with van der Waals surface area (Å²) in [6, 6.07) is 13.6. The maximum absolute atomic E-state index is 13.5. The Morgan fingerprint density at radius 1 is 0.906 bits per heavy atom. The first-order chi connectivity index (χ1) is 15.0. The van der Waals surface area contributed by atoms with Crippen molar-refractivity contribution in [3.05, 3.63) is 60.3 Å². The first-order valence-corrected chi connectivity index (χ1v) is 10.0. The molecule has 9 heteroatoms. The number of halogens is 3. The highest BCUT2D eigenvalue weighted by atomic mass is 19.4. The van der Waals surface area contributed by atoms with Crippen LogP contribution in [0.15, 0.2) is 54.7 Å². The van der Waals surface area contributed by atoms with Crippen LogP contribution in [0, 0.1) is 0 Å². The number of rotatable bonds is 7. The molecular weight excluding hydrogens is 421 g/mol. The van der Waals surface area contributed by atoms with E-state index in [0.717, 1.165) is 6.20 Å². The smallest absolute Gasteiger partial charge is 0.421 e. The first kappa shape index (κ1) is 23.2. The molecule has 0 aliphatic heterocycles. The number of benzene rings is 2. The Hall–Kier alpha value is -3.49. The van der Waals surface area contributed by atoms with Crippen molar-refractivity contribution in [3.63, 3.8) is 0 Å². The third-order valence-corrected chi connectivity index (χ3v) is 4.04. The van der Waals surface area contributed by atoms with E-state index in [1.165, 1.54) is 0 Å². The lowest BCUT2D eigenvalue weighted by Gasteiger charge is -2.21. The van der Waals surface area contributed by atoms with Crippen LogP contribution in [0.25, 0.3) is 0 Å². The molecule has 0 saturated heterocycles. The van der Waals surface area contributed by atoms with Gasteiger partial charge >= 0.3 is 6.18 Å². The zero-order chi connectivity index (χ0) is 23.4. The van der Waals surface area contributed by atoms with Gasteiger partial charge in [0.1, 0.15) is 28.5 Å². The van der Waals surface area contributed by atoms with Gasteiger partial charge in [0, 0.05) is 23.6 Å². The zero-order valence-corrected chi connectivity index (χ0v) is 18.2. The van der Waals surface area contributed by atoms with Crippen molar-refractivity contribution < 1.29 is 22.6 Å². The molecule has 0 radical (unpaired) electrons. The maximum Gasteiger partial charge on any atom is 0.421 e. The van der Waals surface area contributed by atoms with Gasteiger partial charge in [-0.1, -0.05) is 6.07 Å². The Balaban J connectivity index is 1.85. The molecule has 3 aromatic rings. The molecule has 2 aromatic carbocycles. The van der Waals surface area contributed by atoms with E-state index in [2.05, 4.69) is 20.6 Å². The van der Waals surface area contributed by atoms with Crippen molar-refractivity contribution in [2.24, 2.45) is 0 Å². The average Bonchev–Trinajstić information content (AvgIpc) is 2.68. The second-order valence-corrected chi connectivity index (χ2v) is 7.90. The Kier molecular flexibility index (Phi) is 6.76. The summed E-state index contributed by atoms with van der Waals surface area (Å²) < 4.78 is 51.7. The fourth-order valence-electron chi connectivity index (χ4n) is 2.80. The third-order valence-electron chi connectivity index (χ3n) is 4.04. The first-order valence-electron chi connectivity index (χ1n) is 10.0. The highest BCUT2D eigenvalue weighted by Crippen LogP contribution is 2.36. The molecular formula is C23H25F3N4O2. The molecule has 1 aromatic heterocycles. The monoisotopic (exact) mass is 446 g/mol. The summed E-state index contributed by atoms with van der Waals surface area (Å²) in [5, 5.41) is 5.65. The SMILES string of the molecule is CCOc1cccc(Nc2nc(Nc3ccc(OC(C)(C)C)cc3)ncc2C(F)(F)F)c1. The van der Waals surface area contributed by atoms with Crippen LogP contribution >= 0.6 is 0 Å². The van der Waals surface area contributed by atoms with Crippen LogP contribution in [0.4, 0.5) is 36.3 Å². The van der Waals surface area contributed by atoms with Crippen molar-refractivity contribution in [1.82, 2.24) is 9.97 Å². The summed E-state index contributed by atoms with van der Waals surface area (Å²) in [4.78, 5) is 7.90. The summed E-state index contributed by atoms with van der Waals surface area (Å²) in [6.45, 7) is 8.08. The fraction of sp³-hybridized carbons (Fsp3) is 0.304. The predicted molar refractivity (Wildman–Crippen MR) is 118 cm³/mol. The Morgan fingerprint density at radius 2 is 1.62 bits per heavy atom. The van der Waals surface area contributed by atoms with E-state index in [4.69, 9.17) is 9.47 Å². The Labute approximate surface area is 184 Å². The number of anilines is 4. The van der Waals surface area contributed by atoms with Gasteiger partial charge in [-0.05, 0) is 64.1 Å². The zero-order valence-electron chi connectivity index (χ0n) is 18.2. The fourth-order valence-corrected chi connectivity index (χ4v) is 2.80. The van der Waals surface area contributed by atoms with E-state index in [9.17, 15) is 13.2 Å². The number of ether oxygens (including phenoxy) is 2. The number of alkyl halides is 3. The lowest BCUT2D eigenvalue weighted by atomic mass is 10.2. The lowest BCUT2D eigenvalue weighted by molar-refractivity contribution is -0.137. The second kappa shape index (κ2) is 9.33. The Bertz CT molecular complexity index is 1050. The van der Waals surface area contributed by atoms with E-state index in [1.54, 1.807) is 48.5 Å². The van der Waals surface area contributed by atoms with Gasteiger partial charge in [0.2, 0.25) is 5.95 Å². The normalized spacial score (nSPS) is 11.7. The maximum atomic E-state index is 13.5. The van der Waals surface area contributed by atoms with Gasteiger partial charge in [0.05, 0.1) is 6.61 Å². The highest BCUT2D eigenvalue weighted by Gasteiger charge is 2.35. The number of hydrogen-bond acceptors (Lipinski definition) is 6. The second-order valence-electron chi connectivity index (χ2n) is 7.90. The number of nitrogens with one attached hydrogen (secondary N) is 2. The molecule has 0 amide bonds. The van der Waals surface area contributed by atoms with Crippen molar-refractivity contribution in [2.45, 2.75) is 39.5 Å². The minimum atomic E-state index is -4.62. The molecule has 0 bridgehead atoms. The quantitative estimate of drug-likeness (QED) is 0.428. The van der Waals surface area contributed by atoms with Crippen LogP contribution in [0.1, 0.15) is 33.3 Å². The number of aromatic nitrogens is 2. The summed E-state index contributed by atoms with van der Waals surface area (Å²) in [5.74, 6) is 0.867. The molecule has 32 heavy (non-hydrogen) atoms. The molecule has 0 atom stereocenters. The molecule has 1 heterocycles. The lowest BCUT2D eigenvalue weighted by Crippen LogP contribution is -2.22. The molecule has 0 fully saturated rings. The summed E-state index contributed by atoms with van der Waals surface area (Å²) in [6.07, 6.45) is -3.87. The predicted octanol–water partition coefficient (Wildman–Crippen LogP) is 6.56. The average molecular weight is 446 g/mol. The van der Waals surface area contributed by atoms with Gasteiger partial charge < -0.3 is 20.1 Å². The topological polar surface area (TPSA) is 68.3 Å². The molecule has 0 unspecified atom stereocenters. The van der Waals surface area contributed by atoms with Crippen LogP contribution in [0.5, 0.6) is 11.5 Å². The van der Waals surface area contributed by atoms with E-state index in [0.29, 0.717) is 29.5 Å². The van der Waals surface area contributed by atoms with E-state index >= 15 is 0 Å². The number of hydrogen-bond donors (Lipinski definition) is 2. The van der Waals surface area contributed by atoms with Crippen molar-refractivity contribution in [3.8, 4) is 11.5 Å². The van der Waals surface area contributed by atoms with Crippen molar-refractivity contribution >= 4 is 23.1 Å². The van der Waals surface area contributed by atoms with Crippen LogP contribution in [-0.4, -0.2) is 22.2 Å². The molecule has 0 aliphatic rings. The third kappa shape index (κ3) is 6.50. The molecule has 6 nitrogen and oxygen atoms in total. The van der Waals surface area contributed by atoms with Gasteiger partial charge in [0.25, 0.3) is 0 Å². The molecule has 0 spiro atoms. The summed E-state index contributed by atoms with van der Waals surface area (Å²) in [7, 11) is 0. The van der Waals surface area contributed by atoms with Crippen molar-refractivity contribution in [2.75, 3.05) is 17.2 Å². The van der Waals surface area contributed by atoms with Crippen LogP contribution < -0.4 is 20.1 Å². The summed E-state index contributed by atoms with van der Waals surface area (Å²) >= 11 is 0. The van der Waals surface area contributed by atoms with Gasteiger partial charge in [-0.3, -0.25) is 0 Å². The van der Waals surface area contributed by atoms with Gasteiger partial charge in [-0.15, -0.1) is 0 Å². The minimum absolute atomic E-state index is 0.0194. The standard InChI is InChI=1S/C23H25F3N4O2/c1-5-31-18-8-6-7-16(13-18)28-20-19(23(24,25)26)14-27-21(30-20)29-15-9-11-17(12-10-15)32-22(2,3)4/h6-14H,5H2,1-4H3,(H2,27,28,29,30). The van der Waals surface area contributed by atoms with Crippen LogP contribution in [0.3, 0.4) is 0 Å². The highest BCUT2D eigenvalue weighted by molar-refractivity contribution is 5.64. The molecule has 2 N–H and O–H groups in total. The van der Waals surface area contributed by atoms with E-state index in [1.807, 2.05) is 27.7 Å². The van der Waals surface area contributed by atoms with Gasteiger partial charge in [-0.2, -0.15) is 18.2 Å². The van der Waals surface area contributed by atoms with Crippen molar-refractivity contribution in [1.29, 1.82) is 0 Å². The molecule has 0 aliphatic carbocycles. The largest absolute Gasteiger partial charge is 0.494 e. The van der Waals surface area contributed by atoms with Gasteiger partial charge in [-0.25, -0.2) is 4.98 Å². The minimum Gasteiger partial charge on any atom is -0.494 e. The molecule has 0 saturated carbocycles. The Morgan fingerprint density at radius 3 is 2.25 bits per heavy atom. The van der Waals surface area contributed by atoms with E-state index in [-0.39, 0.29) is 17.4 Å². The summed E-state index contributed by atoms with van der Waals surface area (Å²) in [5.41, 5.74) is -0.296. The van der Waals surface area contributed by atoms with Crippen LogP contribution in [0.2, 0.25) is 0 Å².